The summed E-state index contributed by atoms with van der Waals surface area (Å²) >= 11 is 0. The minimum atomic E-state index is -0.735. The van der Waals surface area contributed by atoms with E-state index in [1.54, 1.807) is 0 Å². The fourth-order valence-corrected chi connectivity index (χ4v) is 4.14. The predicted octanol–water partition coefficient (Wildman–Crippen LogP) is 1.13. The van der Waals surface area contributed by atoms with Crippen LogP contribution in [0.5, 0.6) is 0 Å². The Labute approximate surface area is 73.0 Å². The van der Waals surface area contributed by atoms with Gasteiger partial charge in [0.05, 0.1) is 0 Å². The lowest BCUT2D eigenvalue weighted by Crippen LogP contribution is -2.48. The van der Waals surface area contributed by atoms with E-state index in [-0.39, 0.29) is 0 Å². The minimum Gasteiger partial charge on any atom is -0.317 e. The van der Waals surface area contributed by atoms with Gasteiger partial charge in [-0.15, -0.1) is 0 Å². The van der Waals surface area contributed by atoms with Gasteiger partial charge in [-0.05, 0) is 33.2 Å². The van der Waals surface area contributed by atoms with Crippen molar-refractivity contribution >= 4 is 9.12 Å². The summed E-state index contributed by atoms with van der Waals surface area (Å²) in [5.41, 5.74) is 0. The highest BCUT2D eigenvalue weighted by atomic mass is 28.3. The zero-order valence-corrected chi connectivity index (χ0v) is 9.75. The fourth-order valence-electron chi connectivity index (χ4n) is 1.38. The molecule has 0 aliphatic rings. The summed E-state index contributed by atoms with van der Waals surface area (Å²) < 4.78 is 5.03. The molecule has 0 rings (SSSR count). The highest BCUT2D eigenvalue weighted by Gasteiger charge is 2.16. The maximum absolute atomic E-state index is 2.52. The number of hydrogen-bond acceptors (Lipinski definition) is 2. The van der Waals surface area contributed by atoms with Gasteiger partial charge in [-0.2, -0.15) is 0 Å². The third kappa shape index (κ3) is 3.36. The van der Waals surface area contributed by atoms with Crippen LogP contribution in [0.25, 0.3) is 0 Å². The Balaban J connectivity index is 3.92. The van der Waals surface area contributed by atoms with Crippen LogP contribution in [-0.4, -0.2) is 45.4 Å². The number of hydrogen-bond donors (Lipinski definition) is 0. The number of nitrogens with zero attached hydrogens (tertiary/aromatic N) is 2. The molecule has 0 spiro atoms. The third-order valence-electron chi connectivity index (χ3n) is 2.38. The van der Waals surface area contributed by atoms with Gasteiger partial charge >= 0.3 is 0 Å². The van der Waals surface area contributed by atoms with Crippen LogP contribution in [0.2, 0.25) is 6.04 Å². The van der Waals surface area contributed by atoms with E-state index in [1.807, 2.05) is 0 Å². The topological polar surface area (TPSA) is 6.48 Å². The van der Waals surface area contributed by atoms with E-state index in [4.69, 9.17) is 0 Å². The molecule has 68 valence electrons. The fraction of sp³-hybridized carbons (Fsp3) is 1.00. The van der Waals surface area contributed by atoms with Gasteiger partial charge < -0.3 is 9.13 Å². The molecule has 11 heavy (non-hydrogen) atoms. The molecule has 0 unspecified atom stereocenters. The smallest absolute Gasteiger partial charge is 0.189 e. The van der Waals surface area contributed by atoms with Crippen molar-refractivity contribution in [2.75, 3.05) is 27.2 Å². The first-order valence-corrected chi connectivity index (χ1v) is 6.42. The van der Waals surface area contributed by atoms with Crippen LogP contribution in [0, 0.1) is 0 Å². The van der Waals surface area contributed by atoms with Crippen LogP contribution in [0.15, 0.2) is 0 Å². The van der Waals surface area contributed by atoms with E-state index < -0.39 is 9.12 Å². The van der Waals surface area contributed by atoms with Crippen LogP contribution in [0.4, 0.5) is 0 Å². The molecule has 0 amide bonds. The van der Waals surface area contributed by atoms with Gasteiger partial charge in [0.2, 0.25) is 0 Å². The van der Waals surface area contributed by atoms with Crippen molar-refractivity contribution in [3.05, 3.63) is 0 Å². The molecule has 0 aliphatic heterocycles. The van der Waals surface area contributed by atoms with Gasteiger partial charge in [0.15, 0.2) is 9.12 Å². The second-order valence-corrected chi connectivity index (χ2v) is 6.58. The summed E-state index contributed by atoms with van der Waals surface area (Å²) in [4.78, 5) is 0. The first kappa shape index (κ1) is 11.1. The Hall–Kier alpha value is 0.137. The Morgan fingerprint density at radius 3 is 1.45 bits per heavy atom. The lowest BCUT2D eigenvalue weighted by Gasteiger charge is -2.31. The molecule has 0 aliphatic carbocycles. The number of rotatable bonds is 5. The first-order valence-electron chi connectivity index (χ1n) is 4.57. The molecular formula is C8H22N2Si. The summed E-state index contributed by atoms with van der Waals surface area (Å²) in [6.07, 6.45) is 0. The molecular weight excluding hydrogens is 152 g/mol. The average Bonchev–Trinajstić information content (AvgIpc) is 2.05. The Bertz CT molecular complexity index is 88.1. The molecule has 3 heteroatoms. The van der Waals surface area contributed by atoms with Gasteiger partial charge in [-0.1, -0.05) is 20.8 Å². The summed E-state index contributed by atoms with van der Waals surface area (Å²) in [6, 6.07) is 1.34. The van der Waals surface area contributed by atoms with Crippen molar-refractivity contribution < 1.29 is 0 Å². The maximum Gasteiger partial charge on any atom is 0.189 e. The quantitative estimate of drug-likeness (QED) is 0.577. The van der Waals surface area contributed by atoms with E-state index in [9.17, 15) is 0 Å². The van der Waals surface area contributed by atoms with E-state index in [1.165, 1.54) is 19.1 Å². The van der Waals surface area contributed by atoms with Crippen LogP contribution in [0.1, 0.15) is 20.8 Å². The lowest BCUT2D eigenvalue weighted by atomic mass is 10.8. The molecule has 0 fully saturated rings. The van der Waals surface area contributed by atoms with Gasteiger partial charge in [-0.25, -0.2) is 0 Å². The molecule has 0 bridgehead atoms. The monoisotopic (exact) mass is 174 g/mol. The molecule has 0 saturated carbocycles. The van der Waals surface area contributed by atoms with E-state index in [2.05, 4.69) is 44.0 Å². The van der Waals surface area contributed by atoms with Gasteiger partial charge in [-0.3, -0.25) is 0 Å². The average molecular weight is 174 g/mol. The summed E-state index contributed by atoms with van der Waals surface area (Å²) in [5.74, 6) is 0. The van der Waals surface area contributed by atoms with Crippen molar-refractivity contribution in [3.8, 4) is 0 Å². The normalized spacial score (nSPS) is 12.0. The van der Waals surface area contributed by atoms with Crippen molar-refractivity contribution in [3.63, 3.8) is 0 Å². The molecule has 0 aromatic heterocycles. The molecule has 0 radical (unpaired) electrons. The highest BCUT2D eigenvalue weighted by molar-refractivity contribution is 6.52. The van der Waals surface area contributed by atoms with Crippen molar-refractivity contribution in [2.45, 2.75) is 26.8 Å². The summed E-state index contributed by atoms with van der Waals surface area (Å²) in [7, 11) is 3.75. The Kier molecular flexibility index (Phi) is 5.82. The molecule has 0 N–H and O–H groups in total. The van der Waals surface area contributed by atoms with Gasteiger partial charge in [0, 0.05) is 0 Å². The van der Waals surface area contributed by atoms with Crippen LogP contribution in [-0.2, 0) is 0 Å². The zero-order chi connectivity index (χ0) is 8.85. The zero-order valence-electron chi connectivity index (χ0n) is 8.59. The highest BCUT2D eigenvalue weighted by Crippen LogP contribution is 2.01. The second kappa shape index (κ2) is 5.74. The molecule has 0 atom stereocenters. The first-order chi connectivity index (χ1) is 5.17. The van der Waals surface area contributed by atoms with Crippen molar-refractivity contribution in [2.24, 2.45) is 0 Å². The molecule has 0 saturated heterocycles. The van der Waals surface area contributed by atoms with Crippen LogP contribution >= 0.6 is 0 Å². The SMILES string of the molecule is CCN(C)[SiH](CC)N(C)CC. The Morgan fingerprint density at radius 2 is 1.27 bits per heavy atom. The summed E-state index contributed by atoms with van der Waals surface area (Å²) in [5, 5.41) is 0. The van der Waals surface area contributed by atoms with Crippen LogP contribution in [0.3, 0.4) is 0 Å². The van der Waals surface area contributed by atoms with Gasteiger partial charge in [0.1, 0.15) is 0 Å². The molecule has 2 nitrogen and oxygen atoms in total. The Morgan fingerprint density at radius 1 is 0.909 bits per heavy atom. The summed E-state index contributed by atoms with van der Waals surface area (Å²) in [6.45, 7) is 9.15. The lowest BCUT2D eigenvalue weighted by molar-refractivity contribution is 0.440. The second-order valence-electron chi connectivity index (χ2n) is 3.04. The van der Waals surface area contributed by atoms with Crippen LogP contribution < -0.4 is 0 Å². The third-order valence-corrected chi connectivity index (χ3v) is 5.88. The minimum absolute atomic E-state index is 0.735. The molecule has 0 aromatic rings. The largest absolute Gasteiger partial charge is 0.317 e. The van der Waals surface area contributed by atoms with Gasteiger partial charge in [0.25, 0.3) is 0 Å². The predicted molar refractivity (Wildman–Crippen MR) is 54.2 cm³/mol. The molecule has 0 heterocycles. The molecule has 0 aromatic carbocycles. The van der Waals surface area contributed by atoms with E-state index in [0.717, 1.165) is 0 Å². The maximum atomic E-state index is 2.52. The van der Waals surface area contributed by atoms with Crippen molar-refractivity contribution in [1.29, 1.82) is 0 Å². The van der Waals surface area contributed by atoms with E-state index >= 15 is 0 Å². The van der Waals surface area contributed by atoms with Crippen molar-refractivity contribution in [1.82, 2.24) is 9.13 Å². The van der Waals surface area contributed by atoms with E-state index in [0.29, 0.717) is 0 Å². The standard InChI is InChI=1S/C8H22N2Si/c1-6-9(4)11(8-3)10(5)7-2/h11H,6-8H2,1-5H3.